The van der Waals surface area contributed by atoms with Gasteiger partial charge in [-0.25, -0.2) is 0 Å². The summed E-state index contributed by atoms with van der Waals surface area (Å²) in [6.07, 6.45) is 2.00. The van der Waals surface area contributed by atoms with Crippen LogP contribution >= 0.6 is 11.8 Å². The predicted molar refractivity (Wildman–Crippen MR) is 92.6 cm³/mol. The minimum atomic E-state index is -0.101. The molecule has 22 heavy (non-hydrogen) atoms. The van der Waals surface area contributed by atoms with Crippen molar-refractivity contribution >= 4 is 29.0 Å². The van der Waals surface area contributed by atoms with Crippen LogP contribution in [0.3, 0.4) is 0 Å². The molecule has 0 heterocycles. The van der Waals surface area contributed by atoms with Crippen molar-refractivity contribution in [2.75, 3.05) is 36.2 Å². The normalized spacial score (nSPS) is 10.3. The van der Waals surface area contributed by atoms with Crippen LogP contribution in [0.15, 0.2) is 59.5 Å². The number of benzene rings is 2. The predicted octanol–water partition coefficient (Wildman–Crippen LogP) is 2.85. The summed E-state index contributed by atoms with van der Waals surface area (Å²) in [7, 11) is 0. The molecule has 5 heteroatoms. The highest BCUT2D eigenvalue weighted by Gasteiger charge is 2.11. The number of nitrogens with one attached hydrogen (secondary N) is 1. The lowest BCUT2D eigenvalue weighted by Gasteiger charge is -2.23. The minimum absolute atomic E-state index is 0.00410. The van der Waals surface area contributed by atoms with Crippen molar-refractivity contribution in [3.05, 3.63) is 54.6 Å². The Morgan fingerprint density at radius 3 is 2.64 bits per heavy atom. The molecule has 0 radical (unpaired) electrons. The van der Waals surface area contributed by atoms with Gasteiger partial charge in [0.1, 0.15) is 0 Å². The zero-order chi connectivity index (χ0) is 15.8. The third-order valence-corrected chi connectivity index (χ3v) is 3.90. The lowest BCUT2D eigenvalue weighted by atomic mass is 10.2. The van der Waals surface area contributed by atoms with Gasteiger partial charge in [0.05, 0.1) is 13.2 Å². The van der Waals surface area contributed by atoms with Gasteiger partial charge in [0, 0.05) is 22.8 Å². The highest BCUT2D eigenvalue weighted by atomic mass is 32.2. The highest BCUT2D eigenvalue weighted by Crippen LogP contribution is 2.19. The Morgan fingerprint density at radius 1 is 1.18 bits per heavy atom. The Hall–Kier alpha value is -1.98. The first-order valence-electron chi connectivity index (χ1n) is 7.07. The van der Waals surface area contributed by atoms with Crippen LogP contribution in [0.5, 0.6) is 0 Å². The molecule has 0 unspecified atom stereocenters. The van der Waals surface area contributed by atoms with Crippen LogP contribution in [-0.4, -0.2) is 37.0 Å². The largest absolute Gasteiger partial charge is 0.395 e. The lowest BCUT2D eigenvalue weighted by Crippen LogP contribution is -2.35. The Kier molecular flexibility index (Phi) is 6.30. The number of rotatable bonds is 7. The maximum absolute atomic E-state index is 12.2. The summed E-state index contributed by atoms with van der Waals surface area (Å²) in [6.45, 7) is 0.625. The van der Waals surface area contributed by atoms with Gasteiger partial charge in [0.2, 0.25) is 5.91 Å². The summed E-state index contributed by atoms with van der Waals surface area (Å²) < 4.78 is 0. The summed E-state index contributed by atoms with van der Waals surface area (Å²) in [5.41, 5.74) is 1.71. The number of anilines is 2. The molecule has 0 fully saturated rings. The van der Waals surface area contributed by atoms with E-state index in [1.54, 1.807) is 11.8 Å². The number of thioether (sulfide) groups is 1. The second-order valence-electron chi connectivity index (χ2n) is 4.76. The molecule has 4 nitrogen and oxygen atoms in total. The van der Waals surface area contributed by atoms with Crippen molar-refractivity contribution in [2.45, 2.75) is 4.90 Å². The van der Waals surface area contributed by atoms with E-state index in [1.165, 1.54) is 0 Å². The Bertz CT molecular complexity index is 605. The van der Waals surface area contributed by atoms with E-state index in [9.17, 15) is 9.90 Å². The van der Waals surface area contributed by atoms with E-state index in [0.29, 0.717) is 6.54 Å². The molecule has 2 aromatic carbocycles. The van der Waals surface area contributed by atoms with Crippen molar-refractivity contribution < 1.29 is 9.90 Å². The van der Waals surface area contributed by atoms with Crippen LogP contribution in [0.1, 0.15) is 0 Å². The quantitative estimate of drug-likeness (QED) is 0.771. The van der Waals surface area contributed by atoms with E-state index in [0.717, 1.165) is 16.3 Å². The second-order valence-corrected chi connectivity index (χ2v) is 5.64. The van der Waals surface area contributed by atoms with Gasteiger partial charge in [-0.2, -0.15) is 0 Å². The number of para-hydroxylation sites is 1. The molecule has 2 N–H and O–H groups in total. The van der Waals surface area contributed by atoms with Gasteiger partial charge in [0.15, 0.2) is 0 Å². The maximum atomic E-state index is 12.2. The molecule has 0 saturated carbocycles. The summed E-state index contributed by atoms with van der Waals surface area (Å²) in [6, 6.07) is 17.4. The summed E-state index contributed by atoms with van der Waals surface area (Å²) in [5, 5.41) is 12.1. The Morgan fingerprint density at radius 2 is 1.95 bits per heavy atom. The number of hydrogen-bond acceptors (Lipinski definition) is 4. The van der Waals surface area contributed by atoms with E-state index in [-0.39, 0.29) is 19.1 Å². The summed E-state index contributed by atoms with van der Waals surface area (Å²) >= 11 is 1.63. The SMILES string of the molecule is CSc1cccc(NC(=O)CN(CCO)c2ccccc2)c1. The number of hydrogen-bond donors (Lipinski definition) is 2. The van der Waals surface area contributed by atoms with E-state index in [4.69, 9.17) is 0 Å². The van der Waals surface area contributed by atoms with Crippen LogP contribution < -0.4 is 10.2 Å². The van der Waals surface area contributed by atoms with Crippen molar-refractivity contribution in [3.8, 4) is 0 Å². The molecule has 0 bridgehead atoms. The number of nitrogens with zero attached hydrogens (tertiary/aromatic N) is 1. The van der Waals surface area contributed by atoms with Crippen LogP contribution in [0.25, 0.3) is 0 Å². The molecule has 0 aliphatic carbocycles. The number of carbonyl (C=O) groups excluding carboxylic acids is 1. The van der Waals surface area contributed by atoms with Crippen molar-refractivity contribution in [3.63, 3.8) is 0 Å². The van der Waals surface area contributed by atoms with Crippen molar-refractivity contribution in [1.29, 1.82) is 0 Å². The van der Waals surface area contributed by atoms with Crippen LogP contribution in [0.4, 0.5) is 11.4 Å². The average Bonchev–Trinajstić information content (AvgIpc) is 2.55. The molecule has 2 rings (SSSR count). The molecular formula is C17H20N2O2S. The molecule has 0 atom stereocenters. The van der Waals surface area contributed by atoms with Gasteiger partial charge >= 0.3 is 0 Å². The fourth-order valence-corrected chi connectivity index (χ4v) is 2.59. The molecule has 0 aromatic heterocycles. The standard InChI is InChI=1S/C17H20N2O2S/c1-22-16-9-5-6-14(12-16)18-17(21)13-19(10-11-20)15-7-3-2-4-8-15/h2-9,12,20H,10-11,13H2,1H3,(H,18,21). The minimum Gasteiger partial charge on any atom is -0.395 e. The zero-order valence-corrected chi connectivity index (χ0v) is 13.3. The molecule has 0 aliphatic rings. The lowest BCUT2D eigenvalue weighted by molar-refractivity contribution is -0.115. The Labute approximate surface area is 135 Å². The van der Waals surface area contributed by atoms with Crippen LogP contribution in [0.2, 0.25) is 0 Å². The number of amides is 1. The third-order valence-electron chi connectivity index (χ3n) is 3.18. The van der Waals surface area contributed by atoms with Gasteiger partial charge in [0.25, 0.3) is 0 Å². The molecule has 0 saturated heterocycles. The number of aliphatic hydroxyl groups is 1. The summed E-state index contributed by atoms with van der Waals surface area (Å²) in [4.78, 5) is 15.2. The number of carbonyl (C=O) groups is 1. The zero-order valence-electron chi connectivity index (χ0n) is 12.5. The molecule has 0 spiro atoms. The third kappa shape index (κ3) is 4.79. The van der Waals surface area contributed by atoms with Gasteiger partial charge in [-0.15, -0.1) is 11.8 Å². The second kappa shape index (κ2) is 8.46. The molecule has 0 aliphatic heterocycles. The number of aliphatic hydroxyl groups excluding tert-OH is 1. The first-order chi connectivity index (χ1) is 10.7. The van der Waals surface area contributed by atoms with Crippen molar-refractivity contribution in [2.24, 2.45) is 0 Å². The van der Waals surface area contributed by atoms with E-state index >= 15 is 0 Å². The average molecular weight is 316 g/mol. The van der Waals surface area contributed by atoms with Gasteiger partial charge < -0.3 is 15.3 Å². The fraction of sp³-hybridized carbons (Fsp3) is 0.235. The molecule has 2 aromatic rings. The van der Waals surface area contributed by atoms with Gasteiger partial charge in [-0.3, -0.25) is 4.79 Å². The van der Waals surface area contributed by atoms with Crippen molar-refractivity contribution in [1.82, 2.24) is 0 Å². The van der Waals surface area contributed by atoms with Gasteiger partial charge in [-0.1, -0.05) is 24.3 Å². The maximum Gasteiger partial charge on any atom is 0.243 e. The smallest absolute Gasteiger partial charge is 0.243 e. The van der Waals surface area contributed by atoms with E-state index in [1.807, 2.05) is 65.8 Å². The summed E-state index contributed by atoms with van der Waals surface area (Å²) in [5.74, 6) is -0.101. The first-order valence-corrected chi connectivity index (χ1v) is 8.30. The van der Waals surface area contributed by atoms with E-state index in [2.05, 4.69) is 5.32 Å². The van der Waals surface area contributed by atoms with Crippen LogP contribution in [-0.2, 0) is 4.79 Å². The molecular weight excluding hydrogens is 296 g/mol. The molecule has 1 amide bonds. The Balaban J connectivity index is 2.02. The highest BCUT2D eigenvalue weighted by molar-refractivity contribution is 7.98. The fourth-order valence-electron chi connectivity index (χ4n) is 2.13. The van der Waals surface area contributed by atoms with E-state index < -0.39 is 0 Å². The molecule has 116 valence electrons. The monoisotopic (exact) mass is 316 g/mol. The topological polar surface area (TPSA) is 52.6 Å². The van der Waals surface area contributed by atoms with Crippen LogP contribution in [0, 0.1) is 0 Å². The first kappa shape index (κ1) is 16.4. The van der Waals surface area contributed by atoms with Gasteiger partial charge in [-0.05, 0) is 36.6 Å².